The smallest absolute Gasteiger partial charge is 0.352 e. The molecule has 202 valence electrons. The molecule has 0 amide bonds. The number of hydrogen-bond acceptors (Lipinski definition) is 6. The number of carboxylic acids is 1. The zero-order valence-corrected chi connectivity index (χ0v) is 22.6. The molecule has 9 nitrogen and oxygen atoms in total. The summed E-state index contributed by atoms with van der Waals surface area (Å²) in [6, 6.07) is 22.3. The molecule has 3 aromatic carbocycles. The van der Waals surface area contributed by atoms with Crippen molar-refractivity contribution in [3.8, 4) is 0 Å². The van der Waals surface area contributed by atoms with Crippen molar-refractivity contribution < 1.29 is 14.7 Å². The first kappa shape index (κ1) is 29.3. The summed E-state index contributed by atoms with van der Waals surface area (Å²) in [5.74, 6) is 2.87. The van der Waals surface area contributed by atoms with Gasteiger partial charge in [0.1, 0.15) is 11.7 Å². The maximum atomic E-state index is 11.6. The summed E-state index contributed by atoms with van der Waals surface area (Å²) in [6.45, 7) is 0.546. The number of imidazole rings is 1. The van der Waals surface area contributed by atoms with Crippen molar-refractivity contribution in [1.29, 1.82) is 5.41 Å². The van der Waals surface area contributed by atoms with Gasteiger partial charge >= 0.3 is 5.97 Å². The van der Waals surface area contributed by atoms with Crippen LogP contribution in [-0.4, -0.2) is 32.3 Å². The molecule has 11 heteroatoms. The van der Waals surface area contributed by atoms with Crippen LogP contribution in [0, 0.1) is 5.41 Å². The highest BCUT2D eigenvalue weighted by atomic mass is 35.5. The number of anilines is 1. The average Bonchev–Trinajstić information content (AvgIpc) is 3.61. The molecule has 5 N–H and O–H groups in total. The van der Waals surface area contributed by atoms with Gasteiger partial charge in [-0.05, 0) is 53.5 Å². The molecule has 0 radical (unpaired) electrons. The molecule has 39 heavy (non-hydrogen) atoms. The molecule has 0 spiro atoms. The Labute approximate surface area is 237 Å². The normalized spacial score (nSPS) is 14.3. The number of nitrogens with zero attached hydrogens (tertiary/aromatic N) is 3. The van der Waals surface area contributed by atoms with Gasteiger partial charge in [-0.15, -0.1) is 24.8 Å². The summed E-state index contributed by atoms with van der Waals surface area (Å²) in [5.41, 5.74) is 11.7. The zero-order valence-electron chi connectivity index (χ0n) is 21.0. The number of nitrogen functional groups attached to an aromatic ring is 1. The highest BCUT2D eigenvalue weighted by Crippen LogP contribution is 2.45. The van der Waals surface area contributed by atoms with Gasteiger partial charge in [0.05, 0.1) is 17.6 Å². The van der Waals surface area contributed by atoms with Crippen LogP contribution in [0.2, 0.25) is 0 Å². The Hall–Kier alpha value is -4.30. The van der Waals surface area contributed by atoms with Gasteiger partial charge in [-0.1, -0.05) is 36.4 Å². The average molecular weight is 567 g/mol. The maximum Gasteiger partial charge on any atom is 0.352 e. The van der Waals surface area contributed by atoms with Crippen LogP contribution in [0.5, 0.6) is 0 Å². The third-order valence-electron chi connectivity index (χ3n) is 6.40. The van der Waals surface area contributed by atoms with E-state index in [4.69, 9.17) is 21.0 Å². The summed E-state index contributed by atoms with van der Waals surface area (Å²) in [7, 11) is 1.99. The zero-order chi connectivity index (χ0) is 25.9. The molecule has 1 aromatic heterocycles. The predicted octanol–water partition coefficient (Wildman–Crippen LogP) is 5.15. The summed E-state index contributed by atoms with van der Waals surface area (Å²) >= 11 is 0. The van der Waals surface area contributed by atoms with Crippen LogP contribution >= 0.6 is 24.8 Å². The van der Waals surface area contributed by atoms with Gasteiger partial charge in [0.15, 0.2) is 0 Å². The summed E-state index contributed by atoms with van der Waals surface area (Å²) < 4.78 is 2.06. The number of aryl methyl sites for hydroxylation is 1. The van der Waals surface area contributed by atoms with Gasteiger partial charge in [0, 0.05) is 41.2 Å². The van der Waals surface area contributed by atoms with Crippen LogP contribution in [-0.2, 0) is 23.2 Å². The van der Waals surface area contributed by atoms with E-state index in [0.29, 0.717) is 17.7 Å². The minimum atomic E-state index is -1.17. The number of aliphatic carboxylic acids is 1. The predicted molar refractivity (Wildman–Crippen MR) is 156 cm³/mol. The fourth-order valence-electron chi connectivity index (χ4n) is 4.21. The van der Waals surface area contributed by atoms with E-state index in [2.05, 4.69) is 39.1 Å². The SMILES string of the molecule is Cl.Cl.Cn1c(CNc2ccc(C(=N)N)cc2)nc2cc(C3CC3=C=NOC(C(=O)O)c3ccccc3)ccc21. The molecule has 5 rings (SSSR count). The molecule has 1 aliphatic carbocycles. The molecule has 0 saturated heterocycles. The van der Waals surface area contributed by atoms with E-state index in [0.717, 1.165) is 40.1 Å². The van der Waals surface area contributed by atoms with Crippen molar-refractivity contribution in [3.05, 3.63) is 101 Å². The summed E-state index contributed by atoms with van der Waals surface area (Å²) in [6.07, 6.45) is -0.380. The van der Waals surface area contributed by atoms with Crippen LogP contribution < -0.4 is 11.1 Å². The Bertz CT molecular complexity index is 1550. The van der Waals surface area contributed by atoms with Crippen LogP contribution in [0.25, 0.3) is 11.0 Å². The third kappa shape index (κ3) is 6.59. The van der Waals surface area contributed by atoms with Gasteiger partial charge in [-0.2, -0.15) is 0 Å². The number of allylic oxidation sites excluding steroid dienone is 1. The second-order valence-electron chi connectivity index (χ2n) is 8.90. The second kappa shape index (κ2) is 12.5. The van der Waals surface area contributed by atoms with E-state index in [9.17, 15) is 9.90 Å². The second-order valence-corrected chi connectivity index (χ2v) is 8.90. The van der Waals surface area contributed by atoms with Crippen LogP contribution in [0.3, 0.4) is 0 Å². The van der Waals surface area contributed by atoms with E-state index in [1.54, 1.807) is 24.3 Å². The lowest BCUT2D eigenvalue weighted by atomic mass is 10.1. The Morgan fingerprint density at radius 3 is 2.59 bits per heavy atom. The van der Waals surface area contributed by atoms with Gasteiger partial charge < -0.3 is 25.6 Å². The largest absolute Gasteiger partial charge is 0.478 e. The maximum absolute atomic E-state index is 11.6. The Morgan fingerprint density at radius 2 is 1.92 bits per heavy atom. The van der Waals surface area contributed by atoms with E-state index >= 15 is 0 Å². The quantitative estimate of drug-likeness (QED) is 0.125. The van der Waals surface area contributed by atoms with Crippen molar-refractivity contribution in [2.45, 2.75) is 25.0 Å². The number of fused-ring (bicyclic) bond motifs is 1. The molecule has 1 aliphatic rings. The standard InChI is InChI=1S/C28H26N6O3.2ClH/c1-34-24-12-9-19(14-23(24)33-25(34)16-31-21-10-7-18(8-11-21)27(29)30)22-13-20(22)15-32-37-26(28(35)36)17-5-3-2-4-6-17;;/h2-12,14,22,26,31H,13,16H2,1H3,(H3,29,30)(H,35,36);2*1H. The molecule has 2 atom stereocenters. The topological polar surface area (TPSA) is 139 Å². The van der Waals surface area contributed by atoms with Crippen LogP contribution in [0.4, 0.5) is 5.69 Å². The number of amidine groups is 1. The number of carbonyl (C=O) groups is 1. The minimum absolute atomic E-state index is 0. The number of aromatic nitrogens is 2. The molecular weight excluding hydrogens is 539 g/mol. The van der Waals surface area contributed by atoms with Crippen LogP contribution in [0.1, 0.15) is 41.0 Å². The van der Waals surface area contributed by atoms with Crippen molar-refractivity contribution in [1.82, 2.24) is 9.55 Å². The molecule has 1 saturated carbocycles. The van der Waals surface area contributed by atoms with E-state index < -0.39 is 12.1 Å². The molecule has 0 bridgehead atoms. The Balaban J connectivity index is 0.00000210. The Kier molecular flexibility index (Phi) is 9.37. The fraction of sp³-hybridized carbons (Fsp3) is 0.179. The fourth-order valence-corrected chi connectivity index (χ4v) is 4.21. The molecular formula is C28H28Cl2N6O3. The van der Waals surface area contributed by atoms with Crippen molar-refractivity contribution in [2.24, 2.45) is 17.9 Å². The van der Waals surface area contributed by atoms with Gasteiger partial charge in [-0.25, -0.2) is 9.78 Å². The number of nitrogens with one attached hydrogen (secondary N) is 2. The highest BCUT2D eigenvalue weighted by Gasteiger charge is 2.32. The molecule has 1 fully saturated rings. The molecule has 2 unspecified atom stereocenters. The lowest BCUT2D eigenvalue weighted by Crippen LogP contribution is -2.12. The summed E-state index contributed by atoms with van der Waals surface area (Å²) in [4.78, 5) is 21.6. The van der Waals surface area contributed by atoms with Crippen molar-refractivity contribution in [3.63, 3.8) is 0 Å². The minimum Gasteiger partial charge on any atom is -0.478 e. The molecule has 4 aromatic rings. The molecule has 1 heterocycles. The van der Waals surface area contributed by atoms with Gasteiger partial charge in [-0.3, -0.25) is 5.41 Å². The lowest BCUT2D eigenvalue weighted by molar-refractivity contribution is -0.150. The first-order chi connectivity index (χ1) is 17.9. The van der Waals surface area contributed by atoms with Crippen molar-refractivity contribution >= 4 is 59.2 Å². The number of rotatable bonds is 9. The van der Waals surface area contributed by atoms with E-state index in [1.807, 2.05) is 37.4 Å². The first-order valence-corrected chi connectivity index (χ1v) is 11.8. The lowest BCUT2D eigenvalue weighted by Gasteiger charge is -2.08. The number of halogens is 2. The first-order valence-electron chi connectivity index (χ1n) is 11.8. The molecule has 0 aliphatic heterocycles. The van der Waals surface area contributed by atoms with Gasteiger partial charge in [0.2, 0.25) is 6.10 Å². The van der Waals surface area contributed by atoms with Crippen LogP contribution in [0.15, 0.2) is 83.5 Å². The number of carboxylic acid groups (broad SMARTS) is 1. The van der Waals surface area contributed by atoms with Gasteiger partial charge in [0.25, 0.3) is 0 Å². The Morgan fingerprint density at radius 1 is 1.21 bits per heavy atom. The number of nitrogens with two attached hydrogens (primary N) is 1. The third-order valence-corrected chi connectivity index (χ3v) is 6.40. The van der Waals surface area contributed by atoms with E-state index in [-0.39, 0.29) is 36.6 Å². The monoisotopic (exact) mass is 566 g/mol. The van der Waals surface area contributed by atoms with E-state index in [1.165, 1.54) is 0 Å². The number of hydrogen-bond donors (Lipinski definition) is 4. The van der Waals surface area contributed by atoms with Crippen molar-refractivity contribution in [2.75, 3.05) is 5.32 Å². The summed E-state index contributed by atoms with van der Waals surface area (Å²) in [5, 5.41) is 24.2. The number of benzene rings is 3. The highest BCUT2D eigenvalue weighted by molar-refractivity contribution is 5.95.